The third-order valence-electron chi connectivity index (χ3n) is 3.23. The van der Waals surface area contributed by atoms with Crippen molar-refractivity contribution in [2.45, 2.75) is 11.8 Å². The summed E-state index contributed by atoms with van der Waals surface area (Å²) < 4.78 is 31.1. The molecule has 7 nitrogen and oxygen atoms in total. The summed E-state index contributed by atoms with van der Waals surface area (Å²) in [6.07, 6.45) is 1.35. The van der Waals surface area contributed by atoms with Gasteiger partial charge in [0, 0.05) is 18.9 Å². The van der Waals surface area contributed by atoms with Gasteiger partial charge < -0.3 is 9.84 Å². The normalized spacial score (nSPS) is 12.0. The van der Waals surface area contributed by atoms with Crippen molar-refractivity contribution in [1.82, 2.24) is 9.55 Å². The topological polar surface area (TPSA) is 98.5 Å². The largest absolute Gasteiger partial charge is 0.501 e. The minimum absolute atomic E-state index is 0.0330. The second-order valence-corrected chi connectivity index (χ2v) is 6.16. The van der Waals surface area contributed by atoms with E-state index in [2.05, 4.69) is 4.98 Å². The van der Waals surface area contributed by atoms with Gasteiger partial charge in [-0.25, -0.2) is 14.2 Å². The maximum Gasteiger partial charge on any atom is 0.361 e. The lowest BCUT2D eigenvalue weighted by Gasteiger charge is -2.13. The first kappa shape index (κ1) is 17.8. The molecule has 1 aromatic heterocycles. The van der Waals surface area contributed by atoms with Crippen LogP contribution in [-0.2, 0) is 22.6 Å². The van der Waals surface area contributed by atoms with Crippen molar-refractivity contribution in [3.63, 3.8) is 0 Å². The number of carbonyl (C=O) groups is 1. The van der Waals surface area contributed by atoms with Crippen LogP contribution in [-0.4, -0.2) is 37.7 Å². The number of halogens is 1. The van der Waals surface area contributed by atoms with E-state index in [1.54, 1.807) is 6.92 Å². The Morgan fingerprint density at radius 2 is 2.12 bits per heavy atom. The Hall–Kier alpha value is -2.55. The van der Waals surface area contributed by atoms with Crippen LogP contribution >= 0.6 is 0 Å². The molecule has 24 heavy (non-hydrogen) atoms. The van der Waals surface area contributed by atoms with Gasteiger partial charge in [-0.15, -0.1) is 0 Å². The maximum atomic E-state index is 13.4. The lowest BCUT2D eigenvalue weighted by molar-refractivity contribution is 0.0515. The van der Waals surface area contributed by atoms with Crippen LogP contribution in [0.15, 0.2) is 27.9 Å². The van der Waals surface area contributed by atoms with Crippen molar-refractivity contribution in [2.24, 2.45) is 7.05 Å². The molecule has 1 heterocycles. The molecule has 1 aromatic carbocycles. The van der Waals surface area contributed by atoms with Crippen molar-refractivity contribution in [1.29, 1.82) is 0 Å². The Morgan fingerprint density at radius 3 is 2.71 bits per heavy atom. The number of aromatic hydroxyl groups is 1. The monoisotopic (exact) mass is 354 g/mol. The number of esters is 1. The van der Waals surface area contributed by atoms with Crippen LogP contribution < -0.4 is 5.56 Å². The molecule has 1 N–H and O–H groups in total. The highest BCUT2D eigenvalue weighted by molar-refractivity contribution is 7.84. The lowest BCUT2D eigenvalue weighted by atomic mass is 10.2. The van der Waals surface area contributed by atoms with E-state index in [1.807, 2.05) is 0 Å². The van der Waals surface area contributed by atoms with Gasteiger partial charge in [0.25, 0.3) is 5.56 Å². The predicted octanol–water partition coefficient (Wildman–Crippen LogP) is 1.21. The Bertz CT molecular complexity index is 894. The molecule has 0 aliphatic rings. The van der Waals surface area contributed by atoms with Crippen LogP contribution in [0.1, 0.15) is 17.4 Å². The van der Waals surface area contributed by atoms with Crippen LogP contribution in [0.2, 0.25) is 0 Å². The highest BCUT2D eigenvalue weighted by Gasteiger charge is 2.23. The number of aromatic nitrogens is 2. The molecule has 0 saturated carbocycles. The summed E-state index contributed by atoms with van der Waals surface area (Å²) in [5.74, 6) is -2.44. The smallest absolute Gasteiger partial charge is 0.361 e. The minimum Gasteiger partial charge on any atom is -0.501 e. The number of carbonyl (C=O) groups excluding carboxylic acids is 1. The standard InChI is InChI=1S/C15H15FN2O5S/c1-4-23-15(21)11-12(19)14(20)18(2)13(17-11)9-6-5-8(16)7-10(9)24(3)22/h5-7,19H,4H2,1-3H3. The van der Waals surface area contributed by atoms with Crippen molar-refractivity contribution >= 4 is 16.8 Å². The molecule has 0 aliphatic carbocycles. The summed E-state index contributed by atoms with van der Waals surface area (Å²) in [6, 6.07) is 3.49. The van der Waals surface area contributed by atoms with Crippen LogP contribution in [0.5, 0.6) is 5.75 Å². The van der Waals surface area contributed by atoms with Gasteiger partial charge in [-0.1, -0.05) is 0 Å². The van der Waals surface area contributed by atoms with Crippen molar-refractivity contribution in [2.75, 3.05) is 12.9 Å². The second-order valence-electron chi connectivity index (χ2n) is 4.81. The molecular weight excluding hydrogens is 339 g/mol. The molecule has 2 rings (SSSR count). The fourth-order valence-corrected chi connectivity index (χ4v) is 2.84. The van der Waals surface area contributed by atoms with Gasteiger partial charge in [0.05, 0.1) is 22.3 Å². The fourth-order valence-electron chi connectivity index (χ4n) is 2.09. The van der Waals surface area contributed by atoms with E-state index < -0.39 is 39.6 Å². The number of nitrogens with zero attached hydrogens (tertiary/aromatic N) is 2. The van der Waals surface area contributed by atoms with E-state index in [1.165, 1.54) is 19.4 Å². The molecule has 0 amide bonds. The van der Waals surface area contributed by atoms with Crippen molar-refractivity contribution in [3.05, 3.63) is 40.1 Å². The number of ether oxygens (including phenoxy) is 1. The Labute approximate surface area is 139 Å². The molecule has 0 radical (unpaired) electrons. The van der Waals surface area contributed by atoms with Gasteiger partial charge in [0.15, 0.2) is 5.69 Å². The van der Waals surface area contributed by atoms with E-state index in [9.17, 15) is 23.3 Å². The SMILES string of the molecule is CCOC(=O)c1nc(-c2ccc(F)cc2S(C)=O)n(C)c(=O)c1O. The van der Waals surface area contributed by atoms with E-state index in [-0.39, 0.29) is 22.9 Å². The summed E-state index contributed by atoms with van der Waals surface area (Å²) in [7, 11) is -0.242. The molecule has 0 spiro atoms. The number of hydrogen-bond donors (Lipinski definition) is 1. The van der Waals surface area contributed by atoms with Crippen LogP contribution in [0, 0.1) is 5.82 Å². The minimum atomic E-state index is -1.57. The number of benzene rings is 1. The van der Waals surface area contributed by atoms with Crippen molar-refractivity contribution < 1.29 is 23.2 Å². The number of rotatable bonds is 4. The van der Waals surface area contributed by atoms with Gasteiger partial charge in [-0.05, 0) is 25.1 Å². The van der Waals surface area contributed by atoms with E-state index in [0.717, 1.165) is 16.7 Å². The first-order chi connectivity index (χ1) is 11.3. The fraction of sp³-hybridized carbons (Fsp3) is 0.267. The van der Waals surface area contributed by atoms with E-state index in [4.69, 9.17) is 4.74 Å². The highest BCUT2D eigenvalue weighted by atomic mass is 32.2. The summed E-state index contributed by atoms with van der Waals surface area (Å²) >= 11 is 0. The van der Waals surface area contributed by atoms with Gasteiger partial charge in [0.1, 0.15) is 11.6 Å². The molecule has 0 fully saturated rings. The predicted molar refractivity (Wildman–Crippen MR) is 84.8 cm³/mol. The summed E-state index contributed by atoms with van der Waals surface area (Å²) in [4.78, 5) is 28.1. The molecule has 9 heteroatoms. The van der Waals surface area contributed by atoms with Crippen molar-refractivity contribution in [3.8, 4) is 17.1 Å². The Morgan fingerprint density at radius 1 is 1.46 bits per heavy atom. The lowest BCUT2D eigenvalue weighted by Crippen LogP contribution is -2.24. The first-order valence-electron chi connectivity index (χ1n) is 6.88. The molecule has 0 saturated heterocycles. The van der Waals surface area contributed by atoms with Gasteiger partial charge in [-0.3, -0.25) is 13.6 Å². The summed E-state index contributed by atoms with van der Waals surface area (Å²) in [6.45, 7) is 1.60. The third kappa shape index (κ3) is 3.21. The zero-order valence-corrected chi connectivity index (χ0v) is 14.0. The van der Waals surface area contributed by atoms with Crippen LogP contribution in [0.25, 0.3) is 11.4 Å². The molecule has 0 aliphatic heterocycles. The maximum absolute atomic E-state index is 13.4. The molecule has 1 unspecified atom stereocenters. The quantitative estimate of drug-likeness (QED) is 0.829. The number of hydrogen-bond acceptors (Lipinski definition) is 6. The molecule has 128 valence electrons. The second kappa shape index (κ2) is 6.91. The Balaban J connectivity index is 2.79. The highest BCUT2D eigenvalue weighted by Crippen LogP contribution is 2.26. The Kier molecular flexibility index (Phi) is 5.13. The molecular formula is C15H15FN2O5S. The first-order valence-corrected chi connectivity index (χ1v) is 8.44. The third-order valence-corrected chi connectivity index (χ3v) is 4.19. The molecule has 1 atom stereocenters. The van der Waals surface area contributed by atoms with Gasteiger partial charge in [0.2, 0.25) is 5.75 Å². The summed E-state index contributed by atoms with van der Waals surface area (Å²) in [5, 5.41) is 9.85. The molecule has 0 bridgehead atoms. The average Bonchev–Trinajstić information content (AvgIpc) is 2.53. The van der Waals surface area contributed by atoms with E-state index in [0.29, 0.717) is 0 Å². The summed E-state index contributed by atoms with van der Waals surface area (Å²) in [5.41, 5.74) is -1.21. The van der Waals surface area contributed by atoms with Crippen LogP contribution in [0.4, 0.5) is 4.39 Å². The van der Waals surface area contributed by atoms with Crippen LogP contribution in [0.3, 0.4) is 0 Å². The molecule has 2 aromatic rings. The van der Waals surface area contributed by atoms with Gasteiger partial charge >= 0.3 is 5.97 Å². The van der Waals surface area contributed by atoms with E-state index >= 15 is 0 Å². The zero-order chi connectivity index (χ0) is 18.0. The van der Waals surface area contributed by atoms with Gasteiger partial charge in [-0.2, -0.15) is 0 Å². The zero-order valence-electron chi connectivity index (χ0n) is 13.2. The average molecular weight is 354 g/mol.